The second-order valence-corrected chi connectivity index (χ2v) is 7.26. The van der Waals surface area contributed by atoms with Crippen LogP contribution in [0.3, 0.4) is 0 Å². The van der Waals surface area contributed by atoms with Crippen molar-refractivity contribution in [3.63, 3.8) is 0 Å². The van der Waals surface area contributed by atoms with E-state index in [4.69, 9.17) is 4.74 Å². The summed E-state index contributed by atoms with van der Waals surface area (Å²) in [6.45, 7) is 10.1. The number of benzene rings is 1. The highest BCUT2D eigenvalue weighted by atomic mass is 16.6. The Kier molecular flexibility index (Phi) is 5.51. The Balaban J connectivity index is 1.73. The first-order chi connectivity index (χ1) is 12.8. The van der Waals surface area contributed by atoms with Gasteiger partial charge in [0.15, 0.2) is 0 Å². The number of rotatable bonds is 3. The zero-order chi connectivity index (χ0) is 19.7. The fourth-order valence-corrected chi connectivity index (χ4v) is 4.09. The molecule has 3 amide bonds. The van der Waals surface area contributed by atoms with Crippen molar-refractivity contribution in [3.05, 3.63) is 28.8 Å². The fourth-order valence-electron chi connectivity index (χ4n) is 4.09. The van der Waals surface area contributed by atoms with Gasteiger partial charge < -0.3 is 9.64 Å². The Morgan fingerprint density at radius 2 is 1.67 bits per heavy atom. The molecule has 2 aliphatic heterocycles. The minimum atomic E-state index is -0.457. The van der Waals surface area contributed by atoms with Crippen LogP contribution in [0.15, 0.2) is 12.1 Å². The molecule has 0 spiro atoms. The van der Waals surface area contributed by atoms with Crippen LogP contribution in [-0.4, -0.2) is 66.5 Å². The predicted octanol–water partition coefficient (Wildman–Crippen LogP) is 2.02. The van der Waals surface area contributed by atoms with Crippen LogP contribution in [0, 0.1) is 20.8 Å². The smallest absolute Gasteiger partial charge is 0.409 e. The van der Waals surface area contributed by atoms with Crippen LogP contribution in [0.2, 0.25) is 0 Å². The highest BCUT2D eigenvalue weighted by Crippen LogP contribution is 2.32. The van der Waals surface area contributed by atoms with Crippen molar-refractivity contribution < 1.29 is 19.1 Å². The van der Waals surface area contributed by atoms with E-state index in [0.717, 1.165) is 16.7 Å². The van der Waals surface area contributed by atoms with E-state index >= 15 is 0 Å². The van der Waals surface area contributed by atoms with Crippen LogP contribution < -0.4 is 4.90 Å². The molecule has 2 aliphatic rings. The SMILES string of the molecule is CCOC(=O)N1CCN([C@@H]2CC(=O)N(c3c(C)cc(C)cc3C)C2=O)CC1. The van der Waals surface area contributed by atoms with E-state index in [2.05, 4.69) is 0 Å². The molecule has 0 bridgehead atoms. The maximum atomic E-state index is 13.1. The number of amides is 3. The number of piperazine rings is 1. The number of hydrogen-bond acceptors (Lipinski definition) is 5. The number of nitrogens with zero attached hydrogens (tertiary/aromatic N) is 3. The maximum absolute atomic E-state index is 13.1. The van der Waals surface area contributed by atoms with Gasteiger partial charge in [-0.1, -0.05) is 17.7 Å². The van der Waals surface area contributed by atoms with E-state index in [-0.39, 0.29) is 24.3 Å². The van der Waals surface area contributed by atoms with Crippen molar-refractivity contribution in [1.29, 1.82) is 0 Å². The first kappa shape index (κ1) is 19.4. The average molecular weight is 373 g/mol. The highest BCUT2D eigenvalue weighted by molar-refractivity contribution is 6.23. The van der Waals surface area contributed by atoms with Gasteiger partial charge in [-0.3, -0.25) is 14.5 Å². The molecule has 0 aromatic heterocycles. The largest absolute Gasteiger partial charge is 0.450 e. The molecule has 7 heteroatoms. The Hall–Kier alpha value is -2.41. The summed E-state index contributed by atoms with van der Waals surface area (Å²) in [7, 11) is 0. The van der Waals surface area contributed by atoms with E-state index in [9.17, 15) is 14.4 Å². The number of imide groups is 1. The van der Waals surface area contributed by atoms with Crippen LogP contribution in [0.5, 0.6) is 0 Å². The maximum Gasteiger partial charge on any atom is 0.409 e. The Bertz CT molecular complexity index is 745. The minimum absolute atomic E-state index is 0.159. The molecule has 7 nitrogen and oxygen atoms in total. The van der Waals surface area contributed by atoms with Crippen molar-refractivity contribution >= 4 is 23.6 Å². The van der Waals surface area contributed by atoms with Gasteiger partial charge in [0, 0.05) is 26.2 Å². The van der Waals surface area contributed by atoms with Gasteiger partial charge in [-0.25, -0.2) is 9.69 Å². The molecule has 0 aliphatic carbocycles. The summed E-state index contributed by atoms with van der Waals surface area (Å²) in [6, 6.07) is 3.53. The van der Waals surface area contributed by atoms with Crippen molar-refractivity contribution in [2.24, 2.45) is 0 Å². The van der Waals surface area contributed by atoms with E-state index in [1.165, 1.54) is 4.90 Å². The third-order valence-corrected chi connectivity index (χ3v) is 5.26. The third-order valence-electron chi connectivity index (χ3n) is 5.26. The summed E-state index contributed by atoms with van der Waals surface area (Å²) in [4.78, 5) is 42.6. The second-order valence-electron chi connectivity index (χ2n) is 7.26. The first-order valence-electron chi connectivity index (χ1n) is 9.43. The third kappa shape index (κ3) is 3.69. The summed E-state index contributed by atoms with van der Waals surface area (Å²) in [5, 5.41) is 0. The predicted molar refractivity (Wildman–Crippen MR) is 102 cm³/mol. The van der Waals surface area contributed by atoms with E-state index < -0.39 is 6.04 Å². The van der Waals surface area contributed by atoms with Crippen LogP contribution in [0.4, 0.5) is 10.5 Å². The van der Waals surface area contributed by atoms with Crippen molar-refractivity contribution in [1.82, 2.24) is 9.80 Å². The molecule has 1 atom stereocenters. The van der Waals surface area contributed by atoms with Gasteiger partial charge >= 0.3 is 6.09 Å². The van der Waals surface area contributed by atoms with E-state index in [1.807, 2.05) is 37.8 Å². The highest BCUT2D eigenvalue weighted by Gasteiger charge is 2.44. The lowest BCUT2D eigenvalue weighted by Gasteiger charge is -2.36. The molecule has 2 saturated heterocycles. The van der Waals surface area contributed by atoms with Gasteiger partial charge in [-0.15, -0.1) is 0 Å². The quantitative estimate of drug-likeness (QED) is 0.758. The molecule has 27 heavy (non-hydrogen) atoms. The number of aryl methyl sites for hydroxylation is 3. The van der Waals surface area contributed by atoms with E-state index in [0.29, 0.717) is 38.5 Å². The molecule has 1 aromatic carbocycles. The lowest BCUT2D eigenvalue weighted by Crippen LogP contribution is -2.54. The van der Waals surface area contributed by atoms with Crippen LogP contribution in [0.1, 0.15) is 30.0 Å². The molecule has 2 fully saturated rings. The zero-order valence-electron chi connectivity index (χ0n) is 16.4. The molecule has 3 rings (SSSR count). The molecule has 146 valence electrons. The minimum Gasteiger partial charge on any atom is -0.450 e. The fraction of sp³-hybridized carbons (Fsp3) is 0.550. The summed E-state index contributed by atoms with van der Waals surface area (Å²) in [5.74, 6) is -0.326. The monoisotopic (exact) mass is 373 g/mol. The van der Waals surface area contributed by atoms with Crippen LogP contribution in [-0.2, 0) is 14.3 Å². The molecular weight excluding hydrogens is 346 g/mol. The Labute approximate surface area is 159 Å². The van der Waals surface area contributed by atoms with Crippen LogP contribution >= 0.6 is 0 Å². The number of carbonyl (C=O) groups excluding carboxylic acids is 3. The standard InChI is InChI=1S/C20H27N3O4/c1-5-27-20(26)22-8-6-21(7-9-22)16-12-17(24)23(19(16)25)18-14(3)10-13(2)11-15(18)4/h10-11,16H,5-9,12H2,1-4H3/t16-/m1/s1. The molecule has 0 saturated carbocycles. The van der Waals surface area contributed by atoms with Gasteiger partial charge in [0.25, 0.3) is 5.91 Å². The topological polar surface area (TPSA) is 70.2 Å². The van der Waals surface area contributed by atoms with Crippen molar-refractivity contribution in [3.8, 4) is 0 Å². The molecule has 0 radical (unpaired) electrons. The number of ether oxygens (including phenoxy) is 1. The average Bonchev–Trinajstić information content (AvgIpc) is 2.90. The Morgan fingerprint density at radius 3 is 2.22 bits per heavy atom. The summed E-state index contributed by atoms with van der Waals surface area (Å²) in [6.07, 6.45) is -0.135. The van der Waals surface area contributed by atoms with E-state index in [1.54, 1.807) is 11.8 Å². The summed E-state index contributed by atoms with van der Waals surface area (Å²) >= 11 is 0. The first-order valence-corrected chi connectivity index (χ1v) is 9.43. The summed E-state index contributed by atoms with van der Waals surface area (Å²) < 4.78 is 5.03. The van der Waals surface area contributed by atoms with Crippen LogP contribution in [0.25, 0.3) is 0 Å². The Morgan fingerprint density at radius 1 is 1.07 bits per heavy atom. The lowest BCUT2D eigenvalue weighted by molar-refractivity contribution is -0.123. The van der Waals surface area contributed by atoms with Crippen molar-refractivity contribution in [2.45, 2.75) is 40.2 Å². The van der Waals surface area contributed by atoms with Gasteiger partial charge in [0.2, 0.25) is 5.91 Å². The summed E-state index contributed by atoms with van der Waals surface area (Å²) in [5.41, 5.74) is 3.69. The van der Waals surface area contributed by atoms with Gasteiger partial charge in [-0.2, -0.15) is 0 Å². The van der Waals surface area contributed by atoms with Crippen molar-refractivity contribution in [2.75, 3.05) is 37.7 Å². The van der Waals surface area contributed by atoms with Gasteiger partial charge in [-0.05, 0) is 38.8 Å². The molecular formula is C20H27N3O4. The number of carbonyl (C=O) groups is 3. The molecule has 0 N–H and O–H groups in total. The molecule has 2 heterocycles. The normalized spacial score (nSPS) is 21.1. The number of anilines is 1. The lowest BCUT2D eigenvalue weighted by atomic mass is 10.0. The molecule has 1 aromatic rings. The second kappa shape index (κ2) is 7.68. The zero-order valence-corrected chi connectivity index (χ0v) is 16.4. The van der Waals surface area contributed by atoms with Gasteiger partial charge in [0.05, 0.1) is 24.8 Å². The number of hydrogen-bond donors (Lipinski definition) is 0. The molecule has 0 unspecified atom stereocenters. The van der Waals surface area contributed by atoms with Gasteiger partial charge in [0.1, 0.15) is 0 Å².